The van der Waals surface area contributed by atoms with Gasteiger partial charge in [0.15, 0.2) is 5.03 Å². The first-order chi connectivity index (χ1) is 8.04. The van der Waals surface area contributed by atoms with Crippen molar-refractivity contribution in [3.8, 4) is 0 Å². The summed E-state index contributed by atoms with van der Waals surface area (Å²) in [6, 6.07) is 0. The normalized spacial score (nSPS) is 22.8. The minimum Gasteiger partial charge on any atom is -0.375 e. The van der Waals surface area contributed by atoms with Crippen LogP contribution in [0.1, 0.15) is 0 Å². The molecule has 0 bridgehead atoms. The van der Waals surface area contributed by atoms with Crippen LogP contribution in [0.15, 0.2) is 17.6 Å². The van der Waals surface area contributed by atoms with E-state index >= 15 is 0 Å². The number of morpholine rings is 1. The Bertz CT molecular complexity index is 487. The van der Waals surface area contributed by atoms with Gasteiger partial charge >= 0.3 is 0 Å². The number of halogens is 1. The maximum Gasteiger partial charge on any atom is 0.262 e. The number of alkyl halides is 1. The highest BCUT2D eigenvalue weighted by Crippen LogP contribution is 2.17. The van der Waals surface area contributed by atoms with Crippen molar-refractivity contribution in [3.05, 3.63) is 12.5 Å². The molecular weight excluding hydrogens is 310 g/mol. The van der Waals surface area contributed by atoms with Crippen molar-refractivity contribution in [2.24, 2.45) is 7.05 Å². The van der Waals surface area contributed by atoms with E-state index in [0.29, 0.717) is 25.0 Å². The Balaban J connectivity index is 2.21. The molecule has 0 aromatic carbocycles. The monoisotopic (exact) mass is 323 g/mol. The van der Waals surface area contributed by atoms with Crippen LogP contribution < -0.4 is 0 Å². The van der Waals surface area contributed by atoms with Gasteiger partial charge in [-0.1, -0.05) is 15.9 Å². The predicted octanol–water partition coefficient (Wildman–Crippen LogP) is 0.204. The molecule has 1 aliphatic heterocycles. The molecule has 1 aliphatic rings. The second kappa shape index (κ2) is 5.05. The molecule has 1 aromatic heterocycles. The van der Waals surface area contributed by atoms with E-state index in [4.69, 9.17) is 4.74 Å². The molecule has 0 spiro atoms. The van der Waals surface area contributed by atoms with Crippen molar-refractivity contribution in [2.45, 2.75) is 11.1 Å². The number of hydrogen-bond donors (Lipinski definition) is 0. The number of rotatable bonds is 3. The Morgan fingerprint density at radius 1 is 1.65 bits per heavy atom. The molecule has 1 atom stereocenters. The zero-order chi connectivity index (χ0) is 12.5. The number of nitrogens with zero attached hydrogens (tertiary/aromatic N) is 3. The summed E-state index contributed by atoms with van der Waals surface area (Å²) in [5.74, 6) is 0. The summed E-state index contributed by atoms with van der Waals surface area (Å²) in [6.07, 6.45) is 2.89. The summed E-state index contributed by atoms with van der Waals surface area (Å²) < 4.78 is 32.9. The molecule has 0 saturated carbocycles. The van der Waals surface area contributed by atoms with Crippen molar-refractivity contribution < 1.29 is 13.2 Å². The maximum absolute atomic E-state index is 12.2. The molecule has 8 heteroatoms. The van der Waals surface area contributed by atoms with E-state index < -0.39 is 10.0 Å². The van der Waals surface area contributed by atoms with Gasteiger partial charge in [0, 0.05) is 31.7 Å². The zero-order valence-electron chi connectivity index (χ0n) is 9.41. The summed E-state index contributed by atoms with van der Waals surface area (Å²) in [7, 11) is -1.74. The second-order valence-electron chi connectivity index (χ2n) is 3.89. The Labute approximate surface area is 109 Å². The second-order valence-corrected chi connectivity index (χ2v) is 6.42. The fraction of sp³-hybridized carbons (Fsp3) is 0.667. The van der Waals surface area contributed by atoms with Crippen molar-refractivity contribution in [3.63, 3.8) is 0 Å². The van der Waals surface area contributed by atoms with Gasteiger partial charge in [0.05, 0.1) is 19.0 Å². The van der Waals surface area contributed by atoms with Crippen molar-refractivity contribution >= 4 is 26.0 Å². The maximum atomic E-state index is 12.2. The standard InChI is InChI=1S/C9H14BrN3O3S/c1-12-6-9(11-7-12)17(14,15)13-2-3-16-8(4-10)5-13/h6-8H,2-5H2,1H3. The fourth-order valence-electron chi connectivity index (χ4n) is 1.66. The highest BCUT2D eigenvalue weighted by atomic mass is 79.9. The SMILES string of the molecule is Cn1cnc(S(=O)(=O)N2CCOC(CBr)C2)c1. The molecular formula is C9H14BrN3O3S. The average Bonchev–Trinajstić information content (AvgIpc) is 2.76. The van der Waals surface area contributed by atoms with Gasteiger partial charge in [-0.15, -0.1) is 0 Å². The molecule has 1 saturated heterocycles. The van der Waals surface area contributed by atoms with E-state index in [1.54, 1.807) is 11.6 Å². The Kier molecular flexibility index (Phi) is 3.86. The van der Waals surface area contributed by atoms with Crippen LogP contribution >= 0.6 is 15.9 Å². The third kappa shape index (κ3) is 2.70. The molecule has 0 N–H and O–H groups in total. The Morgan fingerprint density at radius 3 is 3.00 bits per heavy atom. The van der Waals surface area contributed by atoms with Crippen LogP contribution in [0.4, 0.5) is 0 Å². The fourth-order valence-corrected chi connectivity index (χ4v) is 3.47. The van der Waals surface area contributed by atoms with E-state index in [-0.39, 0.29) is 11.1 Å². The molecule has 17 heavy (non-hydrogen) atoms. The van der Waals surface area contributed by atoms with E-state index in [2.05, 4.69) is 20.9 Å². The van der Waals surface area contributed by atoms with E-state index in [1.165, 1.54) is 16.8 Å². The number of aryl methyl sites for hydroxylation is 1. The number of ether oxygens (including phenoxy) is 1. The first-order valence-corrected chi connectivity index (χ1v) is 7.76. The highest BCUT2D eigenvalue weighted by molar-refractivity contribution is 9.09. The quantitative estimate of drug-likeness (QED) is 0.746. The van der Waals surface area contributed by atoms with Crippen LogP contribution in [0.3, 0.4) is 0 Å². The van der Waals surface area contributed by atoms with Crippen LogP contribution in [-0.2, 0) is 21.8 Å². The lowest BCUT2D eigenvalue weighted by Crippen LogP contribution is -2.46. The van der Waals surface area contributed by atoms with Gasteiger partial charge in [0.1, 0.15) is 0 Å². The predicted molar refractivity (Wildman–Crippen MR) is 65.5 cm³/mol. The number of imidazole rings is 1. The van der Waals surface area contributed by atoms with E-state index in [0.717, 1.165) is 0 Å². The van der Waals surface area contributed by atoms with Gasteiger partial charge in [0.2, 0.25) is 0 Å². The minimum atomic E-state index is -3.48. The van der Waals surface area contributed by atoms with Crippen LogP contribution in [0.25, 0.3) is 0 Å². The molecule has 2 rings (SSSR count). The number of sulfonamides is 1. The summed E-state index contributed by atoms with van der Waals surface area (Å²) in [5, 5.41) is 0.719. The van der Waals surface area contributed by atoms with Gasteiger partial charge in [-0.25, -0.2) is 13.4 Å². The lowest BCUT2D eigenvalue weighted by molar-refractivity contribution is 0.0136. The Hall–Kier alpha value is -0.440. The third-order valence-corrected chi connectivity index (χ3v) is 5.03. The zero-order valence-corrected chi connectivity index (χ0v) is 11.8. The topological polar surface area (TPSA) is 64.4 Å². The lowest BCUT2D eigenvalue weighted by Gasteiger charge is -2.30. The number of hydrogen-bond acceptors (Lipinski definition) is 4. The first kappa shape index (κ1) is 13.0. The summed E-state index contributed by atoms with van der Waals surface area (Å²) >= 11 is 3.30. The molecule has 96 valence electrons. The molecule has 1 unspecified atom stereocenters. The average molecular weight is 324 g/mol. The summed E-state index contributed by atoms with van der Waals surface area (Å²) in [4.78, 5) is 3.89. The third-order valence-electron chi connectivity index (χ3n) is 2.56. The summed E-state index contributed by atoms with van der Waals surface area (Å²) in [6.45, 7) is 1.16. The lowest BCUT2D eigenvalue weighted by atomic mass is 10.3. The minimum absolute atomic E-state index is 0.0928. The first-order valence-electron chi connectivity index (χ1n) is 5.19. The molecule has 0 amide bonds. The van der Waals surface area contributed by atoms with Crippen LogP contribution in [0.2, 0.25) is 0 Å². The summed E-state index contributed by atoms with van der Waals surface area (Å²) in [5.41, 5.74) is 0. The van der Waals surface area contributed by atoms with Crippen LogP contribution in [0, 0.1) is 0 Å². The van der Waals surface area contributed by atoms with Crippen molar-refractivity contribution in [2.75, 3.05) is 25.0 Å². The van der Waals surface area contributed by atoms with Crippen molar-refractivity contribution in [1.29, 1.82) is 0 Å². The van der Waals surface area contributed by atoms with E-state index in [9.17, 15) is 8.42 Å². The molecule has 6 nitrogen and oxygen atoms in total. The van der Waals surface area contributed by atoms with Crippen LogP contribution in [-0.4, -0.2) is 53.4 Å². The molecule has 0 aliphatic carbocycles. The van der Waals surface area contributed by atoms with E-state index in [1.807, 2.05) is 0 Å². The van der Waals surface area contributed by atoms with Gasteiger partial charge < -0.3 is 9.30 Å². The largest absolute Gasteiger partial charge is 0.375 e. The van der Waals surface area contributed by atoms with Crippen LogP contribution in [0.5, 0.6) is 0 Å². The van der Waals surface area contributed by atoms with Crippen molar-refractivity contribution in [1.82, 2.24) is 13.9 Å². The highest BCUT2D eigenvalue weighted by Gasteiger charge is 2.31. The number of aromatic nitrogens is 2. The van der Waals surface area contributed by atoms with Gasteiger partial charge in [-0.2, -0.15) is 4.31 Å². The van der Waals surface area contributed by atoms with Gasteiger partial charge in [-0.05, 0) is 0 Å². The molecule has 1 fully saturated rings. The van der Waals surface area contributed by atoms with Gasteiger partial charge in [0.25, 0.3) is 10.0 Å². The molecule has 0 radical (unpaired) electrons. The molecule has 2 heterocycles. The van der Waals surface area contributed by atoms with Gasteiger partial charge in [-0.3, -0.25) is 0 Å². The smallest absolute Gasteiger partial charge is 0.262 e. The Morgan fingerprint density at radius 2 is 2.41 bits per heavy atom. The molecule has 1 aromatic rings.